The van der Waals surface area contributed by atoms with Crippen LogP contribution in [0.15, 0.2) is 0 Å². The standard InChI is InChI=1S/C15H30N2/c1-4-12-6-5-10-17(11-8-12)13-7-9-15(2,3)14(13)16/h12-14H,4-11,16H2,1-3H3. The van der Waals surface area contributed by atoms with Crippen molar-refractivity contribution < 1.29 is 0 Å². The second kappa shape index (κ2) is 5.27. The summed E-state index contributed by atoms with van der Waals surface area (Å²) >= 11 is 0. The molecule has 1 aliphatic heterocycles. The fourth-order valence-corrected chi connectivity index (χ4v) is 3.72. The molecule has 0 radical (unpaired) electrons. The smallest absolute Gasteiger partial charge is 0.0252 e. The summed E-state index contributed by atoms with van der Waals surface area (Å²) in [5, 5.41) is 0. The third-order valence-corrected chi connectivity index (χ3v) is 5.33. The molecule has 1 saturated heterocycles. The molecule has 0 amide bonds. The molecule has 2 rings (SSSR count). The largest absolute Gasteiger partial charge is 0.326 e. The van der Waals surface area contributed by atoms with E-state index in [1.807, 2.05) is 0 Å². The summed E-state index contributed by atoms with van der Waals surface area (Å²) in [6.45, 7) is 9.58. The quantitative estimate of drug-likeness (QED) is 0.801. The van der Waals surface area contributed by atoms with Crippen LogP contribution in [0.1, 0.15) is 59.3 Å². The minimum Gasteiger partial charge on any atom is -0.326 e. The van der Waals surface area contributed by atoms with Crippen molar-refractivity contribution in [1.29, 1.82) is 0 Å². The van der Waals surface area contributed by atoms with Gasteiger partial charge in [0.15, 0.2) is 0 Å². The van der Waals surface area contributed by atoms with Crippen molar-refractivity contribution in [2.24, 2.45) is 17.1 Å². The Bertz CT molecular complexity index is 249. The first-order valence-electron chi connectivity index (χ1n) is 7.54. The van der Waals surface area contributed by atoms with Crippen molar-refractivity contribution in [2.75, 3.05) is 13.1 Å². The molecule has 100 valence electrons. The molecule has 1 heterocycles. The van der Waals surface area contributed by atoms with E-state index in [1.54, 1.807) is 0 Å². The summed E-state index contributed by atoms with van der Waals surface area (Å²) in [6, 6.07) is 1.03. The molecule has 0 aromatic rings. The number of nitrogens with two attached hydrogens (primary N) is 1. The lowest BCUT2D eigenvalue weighted by Crippen LogP contribution is -2.49. The number of hydrogen-bond acceptors (Lipinski definition) is 2. The van der Waals surface area contributed by atoms with Gasteiger partial charge in [-0.15, -0.1) is 0 Å². The van der Waals surface area contributed by atoms with Gasteiger partial charge in [0.25, 0.3) is 0 Å². The van der Waals surface area contributed by atoms with E-state index in [9.17, 15) is 0 Å². The minimum atomic E-state index is 0.348. The number of hydrogen-bond donors (Lipinski definition) is 1. The molecule has 0 spiro atoms. The van der Waals surface area contributed by atoms with E-state index in [0.29, 0.717) is 17.5 Å². The van der Waals surface area contributed by atoms with E-state index >= 15 is 0 Å². The fourth-order valence-electron chi connectivity index (χ4n) is 3.72. The number of rotatable bonds is 2. The van der Waals surface area contributed by atoms with Gasteiger partial charge in [-0.2, -0.15) is 0 Å². The molecular weight excluding hydrogens is 208 g/mol. The van der Waals surface area contributed by atoms with Crippen LogP contribution in [0.3, 0.4) is 0 Å². The fraction of sp³-hybridized carbons (Fsp3) is 1.00. The molecule has 0 bridgehead atoms. The van der Waals surface area contributed by atoms with Crippen LogP contribution in [0.5, 0.6) is 0 Å². The molecule has 2 N–H and O–H groups in total. The van der Waals surface area contributed by atoms with Gasteiger partial charge < -0.3 is 5.73 Å². The van der Waals surface area contributed by atoms with Crippen LogP contribution in [-0.2, 0) is 0 Å². The van der Waals surface area contributed by atoms with Gasteiger partial charge >= 0.3 is 0 Å². The highest BCUT2D eigenvalue weighted by molar-refractivity contribution is 4.99. The Hall–Kier alpha value is -0.0800. The summed E-state index contributed by atoms with van der Waals surface area (Å²) in [7, 11) is 0. The van der Waals surface area contributed by atoms with E-state index in [0.717, 1.165) is 5.92 Å². The van der Waals surface area contributed by atoms with Gasteiger partial charge in [-0.1, -0.05) is 27.2 Å². The van der Waals surface area contributed by atoms with Gasteiger partial charge in [0.2, 0.25) is 0 Å². The zero-order chi connectivity index (χ0) is 12.5. The van der Waals surface area contributed by atoms with Crippen molar-refractivity contribution in [3.63, 3.8) is 0 Å². The van der Waals surface area contributed by atoms with Gasteiger partial charge in [0, 0.05) is 12.1 Å². The first-order valence-corrected chi connectivity index (χ1v) is 7.54. The Kier molecular flexibility index (Phi) is 4.14. The van der Waals surface area contributed by atoms with Crippen LogP contribution < -0.4 is 5.73 Å². The van der Waals surface area contributed by atoms with Gasteiger partial charge in [-0.3, -0.25) is 4.90 Å². The van der Waals surface area contributed by atoms with Crippen molar-refractivity contribution in [2.45, 2.75) is 71.4 Å². The van der Waals surface area contributed by atoms with Crippen LogP contribution in [0.4, 0.5) is 0 Å². The predicted octanol–water partition coefficient (Wildman–Crippen LogP) is 3.01. The van der Waals surface area contributed by atoms with Crippen LogP contribution >= 0.6 is 0 Å². The van der Waals surface area contributed by atoms with Crippen molar-refractivity contribution in [3.8, 4) is 0 Å². The maximum atomic E-state index is 6.46. The molecule has 1 aliphatic carbocycles. The van der Waals surface area contributed by atoms with Crippen LogP contribution in [0.2, 0.25) is 0 Å². The summed E-state index contributed by atoms with van der Waals surface area (Å²) in [6.07, 6.45) is 8.16. The Morgan fingerprint density at radius 2 is 1.94 bits per heavy atom. The Morgan fingerprint density at radius 3 is 2.53 bits per heavy atom. The number of nitrogens with zero attached hydrogens (tertiary/aromatic N) is 1. The summed E-state index contributed by atoms with van der Waals surface area (Å²) in [4.78, 5) is 2.70. The predicted molar refractivity (Wildman–Crippen MR) is 74.0 cm³/mol. The third kappa shape index (κ3) is 2.85. The highest BCUT2D eigenvalue weighted by Crippen LogP contribution is 2.39. The third-order valence-electron chi connectivity index (χ3n) is 5.33. The van der Waals surface area contributed by atoms with E-state index in [2.05, 4.69) is 25.7 Å². The lowest BCUT2D eigenvalue weighted by molar-refractivity contribution is 0.167. The molecule has 2 heteroatoms. The van der Waals surface area contributed by atoms with Crippen molar-refractivity contribution in [1.82, 2.24) is 4.90 Å². The van der Waals surface area contributed by atoms with Crippen molar-refractivity contribution in [3.05, 3.63) is 0 Å². The second-order valence-electron chi connectivity index (χ2n) is 6.86. The molecular formula is C15H30N2. The zero-order valence-corrected chi connectivity index (χ0v) is 11.9. The van der Waals surface area contributed by atoms with Gasteiger partial charge in [0.05, 0.1) is 0 Å². The summed E-state index contributed by atoms with van der Waals surface area (Å²) in [5.41, 5.74) is 6.81. The Balaban J connectivity index is 1.94. The monoisotopic (exact) mass is 238 g/mol. The van der Waals surface area contributed by atoms with E-state index in [-0.39, 0.29) is 0 Å². The average Bonchev–Trinajstić information content (AvgIpc) is 2.51. The molecule has 17 heavy (non-hydrogen) atoms. The van der Waals surface area contributed by atoms with Gasteiger partial charge in [-0.25, -0.2) is 0 Å². The summed E-state index contributed by atoms with van der Waals surface area (Å²) in [5.74, 6) is 0.964. The van der Waals surface area contributed by atoms with Crippen LogP contribution in [-0.4, -0.2) is 30.1 Å². The normalized spacial score (nSPS) is 39.2. The molecule has 2 fully saturated rings. The zero-order valence-electron chi connectivity index (χ0n) is 11.9. The summed E-state index contributed by atoms with van der Waals surface area (Å²) < 4.78 is 0. The highest BCUT2D eigenvalue weighted by atomic mass is 15.2. The van der Waals surface area contributed by atoms with Crippen LogP contribution in [0, 0.1) is 11.3 Å². The molecule has 2 nitrogen and oxygen atoms in total. The molecule has 2 aliphatic rings. The number of likely N-dealkylation sites (tertiary alicyclic amines) is 1. The molecule has 1 saturated carbocycles. The highest BCUT2D eigenvalue weighted by Gasteiger charge is 2.42. The van der Waals surface area contributed by atoms with E-state index in [1.165, 1.54) is 51.6 Å². The Labute approximate surface area is 107 Å². The average molecular weight is 238 g/mol. The lowest BCUT2D eigenvalue weighted by Gasteiger charge is -2.34. The van der Waals surface area contributed by atoms with Gasteiger partial charge in [-0.05, 0) is 56.5 Å². The first-order chi connectivity index (χ1) is 8.04. The minimum absolute atomic E-state index is 0.348. The van der Waals surface area contributed by atoms with Gasteiger partial charge in [0.1, 0.15) is 0 Å². The second-order valence-corrected chi connectivity index (χ2v) is 6.86. The van der Waals surface area contributed by atoms with E-state index in [4.69, 9.17) is 5.73 Å². The van der Waals surface area contributed by atoms with E-state index < -0.39 is 0 Å². The molecule has 3 atom stereocenters. The maximum Gasteiger partial charge on any atom is 0.0252 e. The Morgan fingerprint density at radius 1 is 1.18 bits per heavy atom. The maximum absolute atomic E-state index is 6.46. The molecule has 0 aromatic heterocycles. The lowest BCUT2D eigenvalue weighted by atomic mass is 9.87. The topological polar surface area (TPSA) is 29.3 Å². The van der Waals surface area contributed by atoms with Crippen LogP contribution in [0.25, 0.3) is 0 Å². The molecule has 3 unspecified atom stereocenters. The SMILES string of the molecule is CCC1CCCN(C2CCC(C)(C)C2N)CC1. The molecule has 0 aromatic carbocycles. The van der Waals surface area contributed by atoms with Crippen molar-refractivity contribution >= 4 is 0 Å². The first kappa shape index (κ1) is 13.4.